The minimum atomic E-state index is -0.708. The summed E-state index contributed by atoms with van der Waals surface area (Å²) in [5.74, 6) is 0.845. The van der Waals surface area contributed by atoms with Crippen LogP contribution < -0.4 is 5.73 Å². The molecule has 0 atom stereocenters. The van der Waals surface area contributed by atoms with Gasteiger partial charge in [0.25, 0.3) is 0 Å². The molecule has 1 aromatic rings. The van der Waals surface area contributed by atoms with Gasteiger partial charge in [-0.25, -0.2) is 5.10 Å². The van der Waals surface area contributed by atoms with Crippen LogP contribution in [0.5, 0.6) is 0 Å². The van der Waals surface area contributed by atoms with Crippen LogP contribution in [-0.4, -0.2) is 31.6 Å². The summed E-state index contributed by atoms with van der Waals surface area (Å²) in [7, 11) is 0. The molecule has 0 aromatic carbocycles. The number of H-pyrrole nitrogens is 1. The molecule has 0 saturated heterocycles. The highest BCUT2D eigenvalue weighted by molar-refractivity contribution is 7.99. The Morgan fingerprint density at radius 1 is 1.67 bits per heavy atom. The second-order valence-electron chi connectivity index (χ2n) is 3.10. The van der Waals surface area contributed by atoms with E-state index in [0.29, 0.717) is 16.9 Å². The van der Waals surface area contributed by atoms with E-state index in [2.05, 4.69) is 15.2 Å². The van der Waals surface area contributed by atoms with Crippen molar-refractivity contribution in [2.75, 3.05) is 11.5 Å². The van der Waals surface area contributed by atoms with Gasteiger partial charge in [-0.2, -0.15) is 4.98 Å². The highest BCUT2D eigenvalue weighted by Crippen LogP contribution is 2.18. The quantitative estimate of drug-likeness (QED) is 0.592. The molecule has 12 heavy (non-hydrogen) atoms. The Labute approximate surface area is 74.8 Å². The number of aliphatic hydroxyl groups is 1. The van der Waals surface area contributed by atoms with Gasteiger partial charge in [-0.1, -0.05) is 11.8 Å². The summed E-state index contributed by atoms with van der Waals surface area (Å²) in [6.07, 6.45) is 0. The summed E-state index contributed by atoms with van der Waals surface area (Å²) in [6, 6.07) is 0. The van der Waals surface area contributed by atoms with Crippen LogP contribution in [0.2, 0.25) is 0 Å². The SMILES string of the molecule is CC(C)(O)CSc1n[nH]c(N)n1. The molecule has 0 spiro atoms. The Morgan fingerprint density at radius 2 is 2.33 bits per heavy atom. The van der Waals surface area contributed by atoms with Crippen molar-refractivity contribution >= 4 is 17.7 Å². The molecule has 4 N–H and O–H groups in total. The van der Waals surface area contributed by atoms with Crippen LogP contribution in [-0.2, 0) is 0 Å². The standard InChI is InChI=1S/C6H12N4OS/c1-6(2,11)3-12-5-8-4(7)9-10-5/h11H,3H2,1-2H3,(H3,7,8,9,10). The van der Waals surface area contributed by atoms with E-state index >= 15 is 0 Å². The maximum Gasteiger partial charge on any atom is 0.216 e. The van der Waals surface area contributed by atoms with Crippen molar-refractivity contribution in [2.45, 2.75) is 24.6 Å². The van der Waals surface area contributed by atoms with Crippen LogP contribution >= 0.6 is 11.8 Å². The van der Waals surface area contributed by atoms with Crippen LogP contribution in [0.4, 0.5) is 5.95 Å². The third-order valence-corrected chi connectivity index (χ3v) is 2.33. The zero-order valence-corrected chi connectivity index (χ0v) is 7.85. The molecule has 0 radical (unpaired) electrons. The maximum absolute atomic E-state index is 9.37. The van der Waals surface area contributed by atoms with E-state index < -0.39 is 5.60 Å². The van der Waals surface area contributed by atoms with Crippen molar-refractivity contribution in [3.8, 4) is 0 Å². The summed E-state index contributed by atoms with van der Waals surface area (Å²) >= 11 is 1.36. The average molecular weight is 188 g/mol. The van der Waals surface area contributed by atoms with E-state index in [0.717, 1.165) is 0 Å². The second kappa shape index (κ2) is 3.32. The summed E-state index contributed by atoms with van der Waals surface area (Å²) < 4.78 is 0. The number of rotatable bonds is 3. The number of nitrogens with one attached hydrogen (secondary N) is 1. The predicted octanol–water partition coefficient (Wildman–Crippen LogP) is 0.250. The molecule has 1 heterocycles. The molecule has 5 nitrogen and oxygen atoms in total. The Balaban J connectivity index is 2.44. The first-order chi connectivity index (χ1) is 5.47. The normalized spacial score (nSPS) is 11.9. The van der Waals surface area contributed by atoms with E-state index in [-0.39, 0.29) is 0 Å². The molecule has 0 amide bonds. The summed E-state index contributed by atoms with van der Waals surface area (Å²) in [4.78, 5) is 3.88. The lowest BCUT2D eigenvalue weighted by molar-refractivity contribution is 0.107. The maximum atomic E-state index is 9.37. The van der Waals surface area contributed by atoms with Crippen molar-refractivity contribution in [1.29, 1.82) is 0 Å². The van der Waals surface area contributed by atoms with E-state index in [1.165, 1.54) is 11.8 Å². The number of nitrogens with two attached hydrogens (primary N) is 1. The fraction of sp³-hybridized carbons (Fsp3) is 0.667. The van der Waals surface area contributed by atoms with Crippen LogP contribution in [0.15, 0.2) is 5.16 Å². The van der Waals surface area contributed by atoms with Crippen molar-refractivity contribution in [3.63, 3.8) is 0 Å². The Kier molecular flexibility index (Phi) is 2.58. The van der Waals surface area contributed by atoms with Gasteiger partial charge < -0.3 is 10.8 Å². The highest BCUT2D eigenvalue weighted by atomic mass is 32.2. The molecule has 68 valence electrons. The zero-order valence-electron chi connectivity index (χ0n) is 7.03. The first-order valence-corrected chi connectivity index (χ1v) is 4.49. The van der Waals surface area contributed by atoms with E-state index in [1.807, 2.05) is 0 Å². The Hall–Kier alpha value is -0.750. The van der Waals surface area contributed by atoms with Crippen molar-refractivity contribution in [2.24, 2.45) is 0 Å². The minimum absolute atomic E-state index is 0.299. The van der Waals surface area contributed by atoms with Crippen LogP contribution in [0.3, 0.4) is 0 Å². The number of aromatic nitrogens is 3. The molecular weight excluding hydrogens is 176 g/mol. The minimum Gasteiger partial charge on any atom is -0.390 e. The lowest BCUT2D eigenvalue weighted by Gasteiger charge is -2.14. The smallest absolute Gasteiger partial charge is 0.216 e. The Bertz CT molecular complexity index is 254. The molecule has 0 aliphatic rings. The fourth-order valence-electron chi connectivity index (χ4n) is 0.564. The second-order valence-corrected chi connectivity index (χ2v) is 4.05. The third kappa shape index (κ3) is 3.10. The molecule has 1 aromatic heterocycles. The number of hydrogen-bond acceptors (Lipinski definition) is 5. The van der Waals surface area contributed by atoms with Gasteiger partial charge in [0.2, 0.25) is 11.1 Å². The number of thioether (sulfide) groups is 1. The summed E-state index contributed by atoms with van der Waals surface area (Å²) in [5, 5.41) is 16.3. The average Bonchev–Trinajstić information content (AvgIpc) is 2.30. The molecule has 6 heteroatoms. The van der Waals surface area contributed by atoms with Gasteiger partial charge in [0.15, 0.2) is 0 Å². The van der Waals surface area contributed by atoms with Gasteiger partial charge in [-0.05, 0) is 13.8 Å². The van der Waals surface area contributed by atoms with Crippen molar-refractivity contribution in [1.82, 2.24) is 15.2 Å². The molecule has 0 aliphatic heterocycles. The number of nitrogens with zero attached hydrogens (tertiary/aromatic N) is 2. The molecule has 0 aliphatic carbocycles. The van der Waals surface area contributed by atoms with Crippen LogP contribution in [0.1, 0.15) is 13.8 Å². The summed E-state index contributed by atoms with van der Waals surface area (Å²) in [5.41, 5.74) is 4.60. The van der Waals surface area contributed by atoms with Gasteiger partial charge in [0.1, 0.15) is 0 Å². The number of nitrogen functional groups attached to an aromatic ring is 1. The first kappa shape index (κ1) is 9.34. The van der Waals surface area contributed by atoms with Gasteiger partial charge in [-0.15, -0.1) is 5.10 Å². The number of aromatic amines is 1. The monoisotopic (exact) mass is 188 g/mol. The van der Waals surface area contributed by atoms with Crippen molar-refractivity contribution < 1.29 is 5.11 Å². The zero-order chi connectivity index (χ0) is 9.19. The topological polar surface area (TPSA) is 87.8 Å². The van der Waals surface area contributed by atoms with Gasteiger partial charge in [-0.3, -0.25) is 0 Å². The lowest BCUT2D eigenvalue weighted by atomic mass is 10.2. The third-order valence-electron chi connectivity index (χ3n) is 1.04. The number of anilines is 1. The lowest BCUT2D eigenvalue weighted by Crippen LogP contribution is -2.21. The first-order valence-electron chi connectivity index (χ1n) is 3.50. The van der Waals surface area contributed by atoms with Crippen LogP contribution in [0, 0.1) is 0 Å². The molecule has 0 fully saturated rings. The Morgan fingerprint density at radius 3 is 2.75 bits per heavy atom. The van der Waals surface area contributed by atoms with Crippen molar-refractivity contribution in [3.05, 3.63) is 0 Å². The van der Waals surface area contributed by atoms with Gasteiger partial charge in [0.05, 0.1) is 5.60 Å². The van der Waals surface area contributed by atoms with Gasteiger partial charge >= 0.3 is 0 Å². The highest BCUT2D eigenvalue weighted by Gasteiger charge is 2.14. The van der Waals surface area contributed by atoms with E-state index in [9.17, 15) is 5.11 Å². The molecule has 0 unspecified atom stereocenters. The van der Waals surface area contributed by atoms with E-state index in [1.54, 1.807) is 13.8 Å². The molecular formula is C6H12N4OS. The molecule has 0 saturated carbocycles. The molecule has 1 rings (SSSR count). The predicted molar refractivity (Wildman–Crippen MR) is 47.8 cm³/mol. The van der Waals surface area contributed by atoms with E-state index in [4.69, 9.17) is 5.73 Å². The fourth-order valence-corrected chi connectivity index (χ4v) is 1.32. The number of hydrogen-bond donors (Lipinski definition) is 3. The van der Waals surface area contributed by atoms with Crippen LogP contribution in [0.25, 0.3) is 0 Å². The molecule has 0 bridgehead atoms. The van der Waals surface area contributed by atoms with Gasteiger partial charge in [0, 0.05) is 5.75 Å². The summed E-state index contributed by atoms with van der Waals surface area (Å²) in [6.45, 7) is 3.46. The largest absolute Gasteiger partial charge is 0.390 e.